The maximum Gasteiger partial charge on any atom is 0.330 e. The van der Waals surface area contributed by atoms with Crippen molar-refractivity contribution >= 4 is 22.8 Å². The average molecular weight is 500 g/mol. The van der Waals surface area contributed by atoms with Crippen LogP contribution in [0.15, 0.2) is 52.4 Å². The predicted molar refractivity (Wildman–Crippen MR) is 137 cm³/mol. The molecule has 2 heterocycles. The van der Waals surface area contributed by atoms with Gasteiger partial charge in [0.25, 0.3) is 0 Å². The minimum absolute atomic E-state index is 0.0859. The molecule has 0 bridgehead atoms. The summed E-state index contributed by atoms with van der Waals surface area (Å²) in [4.78, 5) is 23.0. The monoisotopic (exact) mass is 499 g/mol. The van der Waals surface area contributed by atoms with E-state index in [1.807, 2.05) is 43.0 Å². The Morgan fingerprint density at radius 3 is 2.63 bits per heavy atom. The fraction of sp³-hybridized carbons (Fsp3) is 0.480. The van der Waals surface area contributed by atoms with Crippen LogP contribution in [0.1, 0.15) is 58.3 Å². The molecule has 0 unspecified atom stereocenters. The number of ether oxygens (including phenoxy) is 1. The minimum Gasteiger partial charge on any atom is -0.496 e. The van der Waals surface area contributed by atoms with Crippen molar-refractivity contribution in [3.63, 3.8) is 0 Å². The van der Waals surface area contributed by atoms with Crippen molar-refractivity contribution in [1.82, 2.24) is 30.0 Å². The summed E-state index contributed by atoms with van der Waals surface area (Å²) in [5.41, 5.74) is 2.83. The molecule has 0 spiro atoms. The summed E-state index contributed by atoms with van der Waals surface area (Å²) in [6, 6.07) is 7.71. The molecule has 0 saturated heterocycles. The molecule has 0 saturated carbocycles. The third-order valence-corrected chi connectivity index (χ3v) is 5.69. The summed E-state index contributed by atoms with van der Waals surface area (Å²) in [5.74, 6) is 2.05. The highest BCUT2D eigenvalue weighted by Gasteiger charge is 2.33. The maximum atomic E-state index is 13.5. The van der Waals surface area contributed by atoms with Gasteiger partial charge in [0.15, 0.2) is 5.82 Å². The second-order valence-electron chi connectivity index (χ2n) is 8.28. The Labute approximate surface area is 212 Å². The smallest absolute Gasteiger partial charge is 0.330 e. The Hall–Kier alpha value is -3.20. The molecule has 3 rings (SSSR count). The summed E-state index contributed by atoms with van der Waals surface area (Å²) in [6.45, 7) is 9.46. The molecule has 0 aliphatic carbocycles. The van der Waals surface area contributed by atoms with Gasteiger partial charge in [0.1, 0.15) is 16.7 Å². The number of aromatic nitrogens is 4. The van der Waals surface area contributed by atoms with Crippen LogP contribution in [0.25, 0.3) is 0 Å². The number of tetrazole rings is 1. The Bertz CT molecular complexity index is 1120. The van der Waals surface area contributed by atoms with Gasteiger partial charge in [0.2, 0.25) is 0 Å². The van der Waals surface area contributed by atoms with E-state index in [9.17, 15) is 4.79 Å². The summed E-state index contributed by atoms with van der Waals surface area (Å²) in [7, 11) is 1.65. The summed E-state index contributed by atoms with van der Waals surface area (Å²) in [5, 5.41) is 13.3. The second kappa shape index (κ2) is 12.5. The van der Waals surface area contributed by atoms with Gasteiger partial charge in [-0.3, -0.25) is 9.80 Å². The fourth-order valence-corrected chi connectivity index (χ4v) is 4.16. The summed E-state index contributed by atoms with van der Waals surface area (Å²) >= 11 is 6.09. The molecule has 0 radical (unpaired) electrons. The highest BCUT2D eigenvalue weighted by atomic mass is 35.5. The van der Waals surface area contributed by atoms with Crippen LogP contribution in [-0.2, 0) is 13.0 Å². The zero-order chi connectivity index (χ0) is 25.4. The molecule has 35 heavy (non-hydrogen) atoms. The lowest BCUT2D eigenvalue weighted by Crippen LogP contribution is -2.47. The summed E-state index contributed by atoms with van der Waals surface area (Å²) < 4.78 is 5.41. The highest BCUT2D eigenvalue weighted by molar-refractivity contribution is 6.64. The third kappa shape index (κ3) is 6.48. The molecule has 1 aromatic carbocycles. The Kier molecular flexibility index (Phi) is 9.42. The summed E-state index contributed by atoms with van der Waals surface area (Å²) in [6.07, 6.45) is 4.90. The number of methoxy groups -OCH3 is 1. The molecule has 0 atom stereocenters. The largest absolute Gasteiger partial charge is 0.496 e. The van der Waals surface area contributed by atoms with Crippen molar-refractivity contribution in [2.75, 3.05) is 20.2 Å². The second-order valence-corrected chi connectivity index (χ2v) is 8.83. The van der Waals surface area contributed by atoms with Crippen molar-refractivity contribution < 1.29 is 9.53 Å². The maximum absolute atomic E-state index is 13.5. The number of hydrogen-bond acceptors (Lipinski definition) is 6. The first-order valence-corrected chi connectivity index (χ1v) is 12.4. The molecule has 10 heteroatoms. The van der Waals surface area contributed by atoms with Gasteiger partial charge in [-0.15, -0.1) is 10.2 Å². The Morgan fingerprint density at radius 2 is 1.94 bits per heavy atom. The molecule has 2 amide bonds. The fourth-order valence-electron chi connectivity index (χ4n) is 4.08. The van der Waals surface area contributed by atoms with Gasteiger partial charge in [0, 0.05) is 36.3 Å². The number of benzene rings is 1. The molecule has 188 valence electrons. The van der Waals surface area contributed by atoms with E-state index in [4.69, 9.17) is 16.3 Å². The Balaban J connectivity index is 1.72. The van der Waals surface area contributed by atoms with Crippen LogP contribution in [0.4, 0.5) is 4.79 Å². The first-order chi connectivity index (χ1) is 16.9. The number of urea groups is 1. The third-order valence-electron chi connectivity index (χ3n) is 5.61. The molecule has 1 aromatic heterocycles. The molecule has 1 aliphatic heterocycles. The first-order valence-electron chi connectivity index (χ1n) is 12.0. The topological polar surface area (TPSA) is 88.7 Å². The van der Waals surface area contributed by atoms with Crippen LogP contribution in [-0.4, -0.2) is 61.4 Å². The van der Waals surface area contributed by atoms with Gasteiger partial charge in [-0.05, 0) is 44.4 Å². The van der Waals surface area contributed by atoms with E-state index in [0.29, 0.717) is 49.3 Å². The SMILES string of the molecule is CC/C=C1C(C)=C(/N=C(\C)Cl)N(CCC)C(=O)N/1CCCn1nnc(Cc2ccccc2OC)n1. The molecule has 9 nitrogen and oxygen atoms in total. The molecule has 2 aromatic rings. The zero-order valence-electron chi connectivity index (χ0n) is 21.2. The molecule has 1 aliphatic rings. The lowest BCUT2D eigenvalue weighted by molar-refractivity contribution is 0.170. The van der Waals surface area contributed by atoms with E-state index < -0.39 is 0 Å². The van der Waals surface area contributed by atoms with Crippen LogP contribution in [0.3, 0.4) is 0 Å². The first kappa shape index (κ1) is 26.4. The van der Waals surface area contributed by atoms with Crippen molar-refractivity contribution in [1.29, 1.82) is 0 Å². The van der Waals surface area contributed by atoms with Crippen molar-refractivity contribution in [2.45, 2.75) is 59.9 Å². The minimum atomic E-state index is -0.0859. The van der Waals surface area contributed by atoms with Gasteiger partial charge in [-0.25, -0.2) is 9.79 Å². The predicted octanol–water partition coefficient (Wildman–Crippen LogP) is 4.99. The number of nitrogens with zero attached hydrogens (tertiary/aromatic N) is 7. The molecular weight excluding hydrogens is 466 g/mol. The molecule has 0 N–H and O–H groups in total. The van der Waals surface area contributed by atoms with E-state index in [1.54, 1.807) is 23.7 Å². The number of aliphatic imine (C=N–C) groups is 1. The number of allylic oxidation sites excluding steroid dienone is 2. The standard InChI is InChI=1S/C25H34ClN7O2/c1-6-11-21-18(3)24(27-19(4)26)32(14-7-2)25(34)31(21)15-10-16-33-29-23(28-30-33)17-20-12-8-9-13-22(20)35-5/h8-9,11-13H,6-7,10,14-17H2,1-5H3/b21-11-,27-19+. The molecule has 0 fully saturated rings. The number of hydrogen-bond donors (Lipinski definition) is 0. The van der Waals surface area contributed by atoms with Crippen LogP contribution in [0.2, 0.25) is 0 Å². The van der Waals surface area contributed by atoms with E-state index in [2.05, 4.69) is 33.4 Å². The Morgan fingerprint density at radius 1 is 1.17 bits per heavy atom. The number of carbonyl (C=O) groups is 1. The van der Waals surface area contributed by atoms with Crippen molar-refractivity contribution in [3.8, 4) is 5.75 Å². The highest BCUT2D eigenvalue weighted by Crippen LogP contribution is 2.31. The quantitative estimate of drug-likeness (QED) is 0.406. The lowest BCUT2D eigenvalue weighted by Gasteiger charge is -2.38. The average Bonchev–Trinajstić information content (AvgIpc) is 3.28. The van der Waals surface area contributed by atoms with Gasteiger partial charge in [-0.2, -0.15) is 4.80 Å². The van der Waals surface area contributed by atoms with E-state index in [0.717, 1.165) is 35.4 Å². The lowest BCUT2D eigenvalue weighted by atomic mass is 10.1. The van der Waals surface area contributed by atoms with Gasteiger partial charge < -0.3 is 4.74 Å². The van der Waals surface area contributed by atoms with Crippen LogP contribution in [0, 0.1) is 0 Å². The van der Waals surface area contributed by atoms with Crippen LogP contribution in [0.5, 0.6) is 5.75 Å². The van der Waals surface area contributed by atoms with Gasteiger partial charge in [-0.1, -0.05) is 49.7 Å². The van der Waals surface area contributed by atoms with Gasteiger partial charge >= 0.3 is 6.03 Å². The van der Waals surface area contributed by atoms with Crippen LogP contribution < -0.4 is 4.74 Å². The van der Waals surface area contributed by atoms with Crippen molar-refractivity contribution in [3.05, 3.63) is 58.8 Å². The number of para-hydroxylation sites is 1. The van der Waals surface area contributed by atoms with E-state index in [-0.39, 0.29) is 6.03 Å². The normalized spacial score (nSPS) is 16.0. The van der Waals surface area contributed by atoms with E-state index in [1.165, 1.54) is 0 Å². The number of aryl methyl sites for hydroxylation is 1. The number of rotatable bonds is 11. The number of amides is 2. The van der Waals surface area contributed by atoms with Gasteiger partial charge in [0.05, 0.1) is 13.7 Å². The van der Waals surface area contributed by atoms with Crippen LogP contribution >= 0.6 is 11.6 Å². The molecular formula is C25H34ClN7O2. The van der Waals surface area contributed by atoms with E-state index >= 15 is 0 Å². The number of halogens is 1. The zero-order valence-corrected chi connectivity index (χ0v) is 21.9. The number of carbonyl (C=O) groups excluding carboxylic acids is 1. The van der Waals surface area contributed by atoms with Crippen molar-refractivity contribution in [2.24, 2.45) is 4.99 Å².